The summed E-state index contributed by atoms with van der Waals surface area (Å²) in [6.07, 6.45) is 0. The van der Waals surface area contributed by atoms with E-state index in [1.807, 2.05) is 0 Å². The third-order valence-corrected chi connectivity index (χ3v) is 5.44. The van der Waals surface area contributed by atoms with E-state index in [0.717, 1.165) is 13.1 Å². The van der Waals surface area contributed by atoms with Gasteiger partial charge in [0.15, 0.2) is 5.69 Å². The number of aromatic amines is 1. The van der Waals surface area contributed by atoms with E-state index in [1.165, 1.54) is 28.9 Å². The highest BCUT2D eigenvalue weighted by molar-refractivity contribution is 6.05. The van der Waals surface area contributed by atoms with E-state index in [0.29, 0.717) is 24.0 Å². The van der Waals surface area contributed by atoms with E-state index in [-0.39, 0.29) is 17.3 Å². The van der Waals surface area contributed by atoms with Crippen molar-refractivity contribution in [2.45, 2.75) is 13.8 Å². The summed E-state index contributed by atoms with van der Waals surface area (Å²) in [5.41, 5.74) is 4.51. The zero-order valence-electron chi connectivity index (χ0n) is 15.8. The summed E-state index contributed by atoms with van der Waals surface area (Å²) in [7, 11) is 0. The summed E-state index contributed by atoms with van der Waals surface area (Å²) in [6, 6.07) is 10.6. The van der Waals surface area contributed by atoms with Crippen LogP contribution in [0.5, 0.6) is 0 Å². The first-order valence-electron chi connectivity index (χ1n) is 9.18. The van der Waals surface area contributed by atoms with Gasteiger partial charge >= 0.3 is 0 Å². The van der Waals surface area contributed by atoms with Crippen LogP contribution in [0.4, 0.5) is 11.4 Å². The highest BCUT2D eigenvalue weighted by Crippen LogP contribution is 2.26. The van der Waals surface area contributed by atoms with Gasteiger partial charge in [-0.2, -0.15) is 5.10 Å². The van der Waals surface area contributed by atoms with Crippen LogP contribution in [0.25, 0.3) is 10.9 Å². The van der Waals surface area contributed by atoms with Gasteiger partial charge in [0.05, 0.1) is 10.4 Å². The first-order chi connectivity index (χ1) is 13.5. The monoisotopic (exact) mass is 379 g/mol. The van der Waals surface area contributed by atoms with Gasteiger partial charge in [-0.05, 0) is 37.1 Å². The van der Waals surface area contributed by atoms with Crippen LogP contribution in [0.15, 0.2) is 36.4 Å². The van der Waals surface area contributed by atoms with Crippen molar-refractivity contribution in [2.24, 2.45) is 0 Å². The molecule has 0 saturated carbocycles. The number of hydrogen-bond donors (Lipinski definition) is 1. The standard InChI is InChI=1S/C20H21N5O3/c1-13-4-3-5-18(14(13)2)23-8-10-24(11-9-23)20(26)19-16-12-15(25(27)28)6-7-17(16)21-22-19/h3-7,12H,8-11H2,1-2H3,(H,21,22). The number of piperazine rings is 1. The number of amides is 1. The zero-order chi connectivity index (χ0) is 19.8. The first kappa shape index (κ1) is 18.0. The minimum Gasteiger partial charge on any atom is -0.368 e. The number of nitrogens with one attached hydrogen (secondary N) is 1. The van der Waals surface area contributed by atoms with Gasteiger partial charge in [-0.15, -0.1) is 0 Å². The molecule has 0 radical (unpaired) electrons. The number of benzene rings is 2. The molecule has 0 atom stereocenters. The van der Waals surface area contributed by atoms with Crippen molar-refractivity contribution < 1.29 is 9.72 Å². The van der Waals surface area contributed by atoms with Crippen LogP contribution in [0.2, 0.25) is 0 Å². The maximum Gasteiger partial charge on any atom is 0.275 e. The predicted octanol–water partition coefficient (Wildman–Crippen LogP) is 3.05. The highest BCUT2D eigenvalue weighted by atomic mass is 16.6. The van der Waals surface area contributed by atoms with Crippen LogP contribution in [-0.4, -0.2) is 52.1 Å². The molecule has 28 heavy (non-hydrogen) atoms. The summed E-state index contributed by atoms with van der Waals surface area (Å²) >= 11 is 0. The largest absolute Gasteiger partial charge is 0.368 e. The van der Waals surface area contributed by atoms with Crippen molar-refractivity contribution >= 4 is 28.2 Å². The Morgan fingerprint density at radius 3 is 2.61 bits per heavy atom. The number of nitro groups is 1. The molecule has 8 nitrogen and oxygen atoms in total. The van der Waals surface area contributed by atoms with E-state index in [1.54, 1.807) is 11.0 Å². The fraction of sp³-hybridized carbons (Fsp3) is 0.300. The Labute approximate surface area is 161 Å². The van der Waals surface area contributed by atoms with Gasteiger partial charge < -0.3 is 9.80 Å². The molecule has 1 amide bonds. The van der Waals surface area contributed by atoms with Gasteiger partial charge in [-0.1, -0.05) is 12.1 Å². The number of carbonyl (C=O) groups is 1. The number of nitrogens with zero attached hydrogens (tertiary/aromatic N) is 4. The number of rotatable bonds is 3. The molecule has 1 fully saturated rings. The van der Waals surface area contributed by atoms with Gasteiger partial charge in [-0.3, -0.25) is 20.0 Å². The Morgan fingerprint density at radius 2 is 1.89 bits per heavy atom. The summed E-state index contributed by atoms with van der Waals surface area (Å²) in [5, 5.41) is 18.4. The topological polar surface area (TPSA) is 95.4 Å². The van der Waals surface area contributed by atoms with Gasteiger partial charge in [0, 0.05) is 49.4 Å². The fourth-order valence-corrected chi connectivity index (χ4v) is 3.66. The second-order valence-electron chi connectivity index (χ2n) is 7.06. The number of aryl methyl sites for hydroxylation is 1. The number of hydrogen-bond acceptors (Lipinski definition) is 5. The number of nitro benzene ring substituents is 1. The van der Waals surface area contributed by atoms with E-state index in [9.17, 15) is 14.9 Å². The molecular weight excluding hydrogens is 358 g/mol. The molecule has 2 heterocycles. The van der Waals surface area contributed by atoms with Crippen molar-refractivity contribution in [1.29, 1.82) is 0 Å². The summed E-state index contributed by atoms with van der Waals surface area (Å²) in [4.78, 5) is 27.6. The molecule has 3 aromatic rings. The number of non-ortho nitro benzene ring substituents is 1. The van der Waals surface area contributed by atoms with Crippen molar-refractivity contribution in [3.8, 4) is 0 Å². The van der Waals surface area contributed by atoms with Gasteiger partial charge in [0.2, 0.25) is 0 Å². The van der Waals surface area contributed by atoms with Crippen LogP contribution >= 0.6 is 0 Å². The number of anilines is 1. The average molecular weight is 379 g/mol. The first-order valence-corrected chi connectivity index (χ1v) is 9.18. The molecule has 1 N–H and O–H groups in total. The van der Waals surface area contributed by atoms with E-state index in [2.05, 4.69) is 47.1 Å². The molecule has 0 aliphatic carbocycles. The minimum atomic E-state index is -0.469. The Bertz CT molecular complexity index is 1070. The predicted molar refractivity (Wildman–Crippen MR) is 107 cm³/mol. The molecular formula is C20H21N5O3. The van der Waals surface area contributed by atoms with E-state index < -0.39 is 4.92 Å². The van der Waals surface area contributed by atoms with Crippen LogP contribution in [0, 0.1) is 24.0 Å². The molecule has 4 rings (SSSR count). The quantitative estimate of drug-likeness (QED) is 0.557. The molecule has 1 aliphatic rings. The smallest absolute Gasteiger partial charge is 0.275 e. The highest BCUT2D eigenvalue weighted by Gasteiger charge is 2.26. The van der Waals surface area contributed by atoms with Crippen molar-refractivity contribution in [1.82, 2.24) is 15.1 Å². The van der Waals surface area contributed by atoms with Crippen molar-refractivity contribution in [3.05, 3.63) is 63.3 Å². The Morgan fingerprint density at radius 1 is 1.14 bits per heavy atom. The number of fused-ring (bicyclic) bond motifs is 1. The molecule has 1 saturated heterocycles. The molecule has 1 aliphatic heterocycles. The fourth-order valence-electron chi connectivity index (χ4n) is 3.66. The van der Waals surface area contributed by atoms with Crippen molar-refractivity contribution in [3.63, 3.8) is 0 Å². The lowest BCUT2D eigenvalue weighted by atomic mass is 10.1. The lowest BCUT2D eigenvalue weighted by Gasteiger charge is -2.36. The lowest BCUT2D eigenvalue weighted by molar-refractivity contribution is -0.384. The third kappa shape index (κ3) is 3.06. The van der Waals surface area contributed by atoms with Crippen LogP contribution in [0.3, 0.4) is 0 Å². The Hall–Kier alpha value is -3.42. The molecule has 144 valence electrons. The second kappa shape index (κ2) is 6.95. The second-order valence-corrected chi connectivity index (χ2v) is 7.06. The van der Waals surface area contributed by atoms with Gasteiger partial charge in [-0.25, -0.2) is 0 Å². The molecule has 0 bridgehead atoms. The van der Waals surface area contributed by atoms with Crippen molar-refractivity contribution in [2.75, 3.05) is 31.1 Å². The normalized spacial score (nSPS) is 14.5. The Balaban J connectivity index is 1.53. The van der Waals surface area contributed by atoms with Crippen LogP contribution in [0.1, 0.15) is 21.6 Å². The van der Waals surface area contributed by atoms with Crippen LogP contribution < -0.4 is 4.90 Å². The third-order valence-electron chi connectivity index (χ3n) is 5.44. The van der Waals surface area contributed by atoms with Gasteiger partial charge in [0.25, 0.3) is 11.6 Å². The summed E-state index contributed by atoms with van der Waals surface area (Å²) < 4.78 is 0. The van der Waals surface area contributed by atoms with Crippen LogP contribution in [-0.2, 0) is 0 Å². The average Bonchev–Trinajstić information content (AvgIpc) is 3.13. The maximum absolute atomic E-state index is 13.0. The van der Waals surface area contributed by atoms with E-state index >= 15 is 0 Å². The number of aromatic nitrogens is 2. The Kier molecular flexibility index (Phi) is 4.46. The molecule has 8 heteroatoms. The number of H-pyrrole nitrogens is 1. The summed E-state index contributed by atoms with van der Waals surface area (Å²) in [6.45, 7) is 6.84. The van der Waals surface area contributed by atoms with E-state index in [4.69, 9.17) is 0 Å². The number of carbonyl (C=O) groups excluding carboxylic acids is 1. The zero-order valence-corrected chi connectivity index (χ0v) is 15.8. The summed E-state index contributed by atoms with van der Waals surface area (Å²) in [5.74, 6) is -0.202. The molecule has 1 aromatic heterocycles. The maximum atomic E-state index is 13.0. The molecule has 0 unspecified atom stereocenters. The minimum absolute atomic E-state index is 0.0531. The molecule has 0 spiro atoms. The SMILES string of the molecule is Cc1cccc(N2CCN(C(=O)c3n[nH]c4ccc([N+](=O)[O-])cc34)CC2)c1C. The van der Waals surface area contributed by atoms with Gasteiger partial charge in [0.1, 0.15) is 0 Å². The molecule has 2 aromatic carbocycles. The lowest BCUT2D eigenvalue weighted by Crippen LogP contribution is -2.49.